The predicted molar refractivity (Wildman–Crippen MR) is 147 cm³/mol. The molecule has 0 aliphatic heterocycles. The molecule has 11 nitrogen and oxygen atoms in total. The third-order valence-corrected chi connectivity index (χ3v) is 9.01. The summed E-state index contributed by atoms with van der Waals surface area (Å²) in [5.41, 5.74) is 3.34. The van der Waals surface area contributed by atoms with Crippen LogP contribution in [0.2, 0.25) is 0 Å². The van der Waals surface area contributed by atoms with Crippen LogP contribution in [0.3, 0.4) is 0 Å². The summed E-state index contributed by atoms with van der Waals surface area (Å²) in [6.07, 6.45) is 10.5. The Bertz CT molecular complexity index is 1430. The van der Waals surface area contributed by atoms with Crippen molar-refractivity contribution in [2.24, 2.45) is 17.8 Å². The molecule has 4 heterocycles. The van der Waals surface area contributed by atoms with Crippen molar-refractivity contribution < 1.29 is 4.52 Å². The summed E-state index contributed by atoms with van der Waals surface area (Å²) < 4.78 is 7.06. The highest BCUT2D eigenvalue weighted by Gasteiger charge is 2.29. The van der Waals surface area contributed by atoms with E-state index in [0.717, 1.165) is 29.7 Å². The van der Waals surface area contributed by atoms with Crippen LogP contribution in [0.4, 0.5) is 11.8 Å². The van der Waals surface area contributed by atoms with Crippen molar-refractivity contribution in [1.29, 1.82) is 0 Å². The van der Waals surface area contributed by atoms with Crippen LogP contribution in [0, 0.1) is 17.8 Å². The number of hydrogen-bond donors (Lipinski definition) is 2. The molecule has 2 saturated carbocycles. The second-order valence-corrected chi connectivity index (χ2v) is 12.1. The lowest BCUT2D eigenvalue weighted by Gasteiger charge is -2.32. The summed E-state index contributed by atoms with van der Waals surface area (Å²) in [5.74, 6) is 3.40. The standard InChI is InChI=1S/C26H35N9O2S/c1-15-7-9-17(10-8-15)12-35-20-21(28-16(2)18-5-4-6-18)29-23(24-32-26(36)37-33-24)30-22(20)31-25(35)34(3)13-19-11-27-14-38-19/h11,14-18H,4-10,12-13H2,1-3H3,(H,28,29,30)(H,32,33,36)/t15?,16-,17?/m1/s1. The highest BCUT2D eigenvalue weighted by Crippen LogP contribution is 2.36. The first-order chi connectivity index (χ1) is 18.4. The number of rotatable bonds is 9. The molecule has 6 rings (SSSR count). The lowest BCUT2D eigenvalue weighted by atomic mass is 9.80. The van der Waals surface area contributed by atoms with Crippen molar-refractivity contribution in [3.05, 3.63) is 27.1 Å². The van der Waals surface area contributed by atoms with Gasteiger partial charge in [0.25, 0.3) is 0 Å². The Morgan fingerprint density at radius 1 is 1.21 bits per heavy atom. The van der Waals surface area contributed by atoms with Gasteiger partial charge in [0.15, 0.2) is 11.5 Å². The number of anilines is 2. The van der Waals surface area contributed by atoms with Gasteiger partial charge in [-0.1, -0.05) is 31.3 Å². The number of fused-ring (bicyclic) bond motifs is 1. The van der Waals surface area contributed by atoms with Gasteiger partial charge >= 0.3 is 5.76 Å². The first kappa shape index (κ1) is 25.0. The molecule has 0 spiro atoms. The fourth-order valence-electron chi connectivity index (χ4n) is 5.69. The Hall–Kier alpha value is -3.28. The van der Waals surface area contributed by atoms with E-state index in [1.807, 2.05) is 11.7 Å². The molecule has 0 saturated heterocycles. The van der Waals surface area contributed by atoms with Gasteiger partial charge < -0.3 is 14.8 Å². The predicted octanol–water partition coefficient (Wildman–Crippen LogP) is 4.69. The summed E-state index contributed by atoms with van der Waals surface area (Å²) in [4.78, 5) is 36.5. The molecule has 2 aliphatic carbocycles. The average molecular weight is 538 g/mol. The number of thiazole rings is 1. The summed E-state index contributed by atoms with van der Waals surface area (Å²) in [5, 5.41) is 7.54. The van der Waals surface area contributed by atoms with E-state index in [0.29, 0.717) is 29.9 Å². The summed E-state index contributed by atoms with van der Waals surface area (Å²) in [6, 6.07) is 0.253. The van der Waals surface area contributed by atoms with Gasteiger partial charge in [0.2, 0.25) is 17.6 Å². The molecule has 0 aromatic carbocycles. The second kappa shape index (κ2) is 10.5. The third-order valence-electron chi connectivity index (χ3n) is 8.25. The second-order valence-electron chi connectivity index (χ2n) is 11.1. The quantitative estimate of drug-likeness (QED) is 0.312. The fourth-order valence-corrected chi connectivity index (χ4v) is 6.34. The summed E-state index contributed by atoms with van der Waals surface area (Å²) in [7, 11) is 2.06. The monoisotopic (exact) mass is 537 g/mol. The van der Waals surface area contributed by atoms with Crippen LogP contribution in [-0.4, -0.2) is 47.7 Å². The van der Waals surface area contributed by atoms with Gasteiger partial charge in [-0.2, -0.15) is 4.98 Å². The maximum Gasteiger partial charge on any atom is 0.439 e. The van der Waals surface area contributed by atoms with E-state index < -0.39 is 5.76 Å². The Labute approximate surface area is 225 Å². The largest absolute Gasteiger partial charge is 0.439 e. The van der Waals surface area contributed by atoms with Crippen molar-refractivity contribution in [2.75, 3.05) is 17.3 Å². The lowest BCUT2D eigenvalue weighted by Crippen LogP contribution is -2.31. The number of hydrogen-bond acceptors (Lipinski definition) is 10. The average Bonchev–Trinajstić information content (AvgIpc) is 3.60. The number of H-pyrrole nitrogens is 1. The zero-order valence-corrected chi connectivity index (χ0v) is 23.0. The molecular formula is C26H35N9O2S. The number of nitrogens with zero attached hydrogens (tertiary/aromatic N) is 7. The molecule has 12 heteroatoms. The number of aromatic amines is 1. The molecule has 2 aliphatic rings. The minimum absolute atomic E-state index is 0.201. The molecule has 0 amide bonds. The smallest absolute Gasteiger partial charge is 0.365 e. The van der Waals surface area contributed by atoms with Crippen LogP contribution in [0.25, 0.3) is 22.8 Å². The Morgan fingerprint density at radius 3 is 2.68 bits per heavy atom. The normalized spacial score (nSPS) is 20.9. The summed E-state index contributed by atoms with van der Waals surface area (Å²) in [6.45, 7) is 6.13. The van der Waals surface area contributed by atoms with E-state index in [2.05, 4.69) is 50.8 Å². The van der Waals surface area contributed by atoms with E-state index in [4.69, 9.17) is 19.5 Å². The molecule has 2 N–H and O–H groups in total. The number of aromatic nitrogens is 7. The molecule has 0 unspecified atom stereocenters. The van der Waals surface area contributed by atoms with Gasteiger partial charge in [-0.15, -0.1) is 11.3 Å². The third kappa shape index (κ3) is 5.05. The Morgan fingerprint density at radius 2 is 2.03 bits per heavy atom. The van der Waals surface area contributed by atoms with Crippen LogP contribution in [0.15, 0.2) is 21.0 Å². The molecule has 38 heavy (non-hydrogen) atoms. The number of imidazole rings is 1. The highest BCUT2D eigenvalue weighted by atomic mass is 32.1. The lowest BCUT2D eigenvalue weighted by molar-refractivity contribution is 0.267. The Kier molecular flexibility index (Phi) is 6.89. The van der Waals surface area contributed by atoms with Gasteiger partial charge in [0, 0.05) is 30.7 Å². The molecule has 0 radical (unpaired) electrons. The maximum absolute atomic E-state index is 11.7. The van der Waals surface area contributed by atoms with Gasteiger partial charge in [0.05, 0.1) is 12.1 Å². The molecule has 1 atom stereocenters. The van der Waals surface area contributed by atoms with Crippen molar-refractivity contribution in [2.45, 2.75) is 77.9 Å². The highest BCUT2D eigenvalue weighted by molar-refractivity contribution is 7.09. The van der Waals surface area contributed by atoms with Crippen molar-refractivity contribution >= 4 is 34.3 Å². The minimum Gasteiger partial charge on any atom is -0.365 e. The molecule has 2 fully saturated rings. The van der Waals surface area contributed by atoms with Gasteiger partial charge in [-0.25, -0.2) is 14.8 Å². The zero-order chi connectivity index (χ0) is 26.2. The first-order valence-corrected chi connectivity index (χ1v) is 14.5. The van der Waals surface area contributed by atoms with E-state index in [1.54, 1.807) is 11.3 Å². The molecule has 4 aromatic heterocycles. The van der Waals surface area contributed by atoms with Crippen LogP contribution in [0.5, 0.6) is 0 Å². The SMILES string of the molecule is CC1CCC(Cn2c(N(C)Cc3cncs3)nc3nc(-c4noc(=O)[nH]4)nc(N[C@H](C)C4CCC4)c32)CC1. The van der Waals surface area contributed by atoms with Crippen LogP contribution < -0.4 is 16.0 Å². The first-order valence-electron chi connectivity index (χ1n) is 13.6. The molecule has 4 aromatic rings. The van der Waals surface area contributed by atoms with Gasteiger partial charge in [-0.05, 0) is 50.4 Å². The van der Waals surface area contributed by atoms with E-state index in [9.17, 15) is 4.79 Å². The van der Waals surface area contributed by atoms with Crippen molar-refractivity contribution in [3.63, 3.8) is 0 Å². The van der Waals surface area contributed by atoms with Crippen molar-refractivity contribution in [3.8, 4) is 11.6 Å². The van der Waals surface area contributed by atoms with Gasteiger partial charge in [0.1, 0.15) is 5.52 Å². The topological polar surface area (TPSA) is 131 Å². The number of nitrogens with one attached hydrogen (secondary N) is 2. The van der Waals surface area contributed by atoms with Crippen LogP contribution in [-0.2, 0) is 13.1 Å². The zero-order valence-electron chi connectivity index (χ0n) is 22.2. The van der Waals surface area contributed by atoms with E-state index >= 15 is 0 Å². The van der Waals surface area contributed by atoms with E-state index in [1.165, 1.54) is 49.8 Å². The Balaban J connectivity index is 1.46. The maximum atomic E-state index is 11.7. The van der Waals surface area contributed by atoms with Crippen LogP contribution >= 0.6 is 11.3 Å². The van der Waals surface area contributed by atoms with Gasteiger partial charge in [-0.3, -0.25) is 14.5 Å². The summed E-state index contributed by atoms with van der Waals surface area (Å²) >= 11 is 1.64. The van der Waals surface area contributed by atoms with E-state index in [-0.39, 0.29) is 11.9 Å². The molecule has 202 valence electrons. The molecular weight excluding hydrogens is 502 g/mol. The fraction of sp³-hybridized carbons (Fsp3) is 0.615. The minimum atomic E-state index is -0.636. The van der Waals surface area contributed by atoms with Crippen molar-refractivity contribution in [1.82, 2.24) is 34.6 Å². The van der Waals surface area contributed by atoms with Crippen LogP contribution in [0.1, 0.15) is 63.7 Å². The molecule has 0 bridgehead atoms.